The first-order valence-corrected chi connectivity index (χ1v) is 6.96. The smallest absolute Gasteiger partial charge is 0.142 e. The number of thiazole rings is 1. The van der Waals surface area contributed by atoms with Crippen LogP contribution in [0.25, 0.3) is 10.7 Å². The summed E-state index contributed by atoms with van der Waals surface area (Å²) in [6, 6.07) is 5.82. The Morgan fingerprint density at radius 3 is 2.94 bits per heavy atom. The lowest BCUT2D eigenvalue weighted by molar-refractivity contribution is 0.102. The van der Waals surface area contributed by atoms with Gasteiger partial charge in [-0.3, -0.25) is 4.98 Å². The van der Waals surface area contributed by atoms with E-state index in [1.54, 1.807) is 17.5 Å². The topological polar surface area (TPSA) is 46.0 Å². The van der Waals surface area contributed by atoms with Gasteiger partial charge in [0.2, 0.25) is 0 Å². The zero-order valence-electron chi connectivity index (χ0n) is 10.6. The molecule has 1 unspecified atom stereocenters. The number of nitrogens with zero attached hydrogens (tertiary/aromatic N) is 2. The second kappa shape index (κ2) is 4.14. The van der Waals surface area contributed by atoms with Crippen LogP contribution in [-0.4, -0.2) is 15.1 Å². The van der Waals surface area contributed by atoms with Crippen LogP contribution in [0.4, 0.5) is 0 Å². The summed E-state index contributed by atoms with van der Waals surface area (Å²) in [4.78, 5) is 10.0. The molecule has 0 aliphatic heterocycles. The van der Waals surface area contributed by atoms with Crippen molar-refractivity contribution in [1.29, 1.82) is 0 Å². The summed E-state index contributed by atoms with van der Waals surface area (Å²) in [5.41, 5.74) is 2.06. The molecule has 1 atom stereocenters. The van der Waals surface area contributed by atoms with Gasteiger partial charge in [-0.1, -0.05) is 19.9 Å². The monoisotopic (exact) mass is 260 g/mol. The number of hydrogen-bond donors (Lipinski definition) is 1. The van der Waals surface area contributed by atoms with Gasteiger partial charge in [0.25, 0.3) is 0 Å². The molecule has 94 valence electrons. The molecule has 0 saturated heterocycles. The maximum absolute atomic E-state index is 10.2. The third-order valence-electron chi connectivity index (χ3n) is 3.31. The van der Waals surface area contributed by atoms with Crippen molar-refractivity contribution in [2.45, 2.75) is 32.8 Å². The summed E-state index contributed by atoms with van der Waals surface area (Å²) < 4.78 is 0. The predicted octanol–water partition coefficient (Wildman–Crippen LogP) is 3.21. The summed E-state index contributed by atoms with van der Waals surface area (Å²) in [7, 11) is 0. The Balaban J connectivity index is 2.03. The second-order valence-corrected chi connectivity index (χ2v) is 6.64. The highest BCUT2D eigenvalue weighted by atomic mass is 32.1. The minimum atomic E-state index is -0.376. The Kier molecular flexibility index (Phi) is 2.72. The standard InChI is InChI=1S/C14H16N2OS/c1-14(2)7-10-12(11(17)8-14)18-13(16-10)9-5-3-4-6-15-9/h3-6,11,17H,7-8H2,1-2H3. The third-order valence-corrected chi connectivity index (χ3v) is 4.53. The minimum absolute atomic E-state index is 0.127. The summed E-state index contributed by atoms with van der Waals surface area (Å²) in [5, 5.41) is 11.1. The number of fused-ring (bicyclic) bond motifs is 1. The van der Waals surface area contributed by atoms with Crippen molar-refractivity contribution in [3.63, 3.8) is 0 Å². The number of aromatic nitrogens is 2. The zero-order valence-corrected chi connectivity index (χ0v) is 11.4. The molecule has 2 aromatic rings. The van der Waals surface area contributed by atoms with E-state index in [-0.39, 0.29) is 11.5 Å². The molecule has 0 fully saturated rings. The fourth-order valence-electron chi connectivity index (χ4n) is 2.49. The highest BCUT2D eigenvalue weighted by molar-refractivity contribution is 7.15. The number of hydrogen-bond acceptors (Lipinski definition) is 4. The van der Waals surface area contributed by atoms with Crippen molar-refractivity contribution < 1.29 is 5.11 Å². The lowest BCUT2D eigenvalue weighted by Gasteiger charge is -2.31. The van der Waals surface area contributed by atoms with E-state index in [1.807, 2.05) is 18.2 Å². The SMILES string of the molecule is CC1(C)Cc2nc(-c3ccccn3)sc2C(O)C1. The average molecular weight is 260 g/mol. The number of pyridine rings is 1. The molecule has 2 aromatic heterocycles. The van der Waals surface area contributed by atoms with Gasteiger partial charge in [0.05, 0.1) is 22.4 Å². The molecule has 1 aliphatic rings. The van der Waals surface area contributed by atoms with E-state index in [0.717, 1.165) is 34.1 Å². The fraction of sp³-hybridized carbons (Fsp3) is 0.429. The molecular weight excluding hydrogens is 244 g/mol. The van der Waals surface area contributed by atoms with Crippen LogP contribution in [-0.2, 0) is 6.42 Å². The molecule has 18 heavy (non-hydrogen) atoms. The predicted molar refractivity (Wildman–Crippen MR) is 72.4 cm³/mol. The maximum atomic E-state index is 10.2. The molecule has 0 saturated carbocycles. The van der Waals surface area contributed by atoms with Crippen molar-refractivity contribution in [2.75, 3.05) is 0 Å². The van der Waals surface area contributed by atoms with Crippen molar-refractivity contribution in [1.82, 2.24) is 9.97 Å². The molecule has 1 N–H and O–H groups in total. The molecule has 0 amide bonds. The van der Waals surface area contributed by atoms with Gasteiger partial charge in [0.15, 0.2) is 0 Å². The Bertz CT molecular complexity index is 562. The van der Waals surface area contributed by atoms with Gasteiger partial charge in [0.1, 0.15) is 5.01 Å². The normalized spacial score (nSPS) is 21.6. The van der Waals surface area contributed by atoms with Crippen LogP contribution in [0.1, 0.15) is 36.9 Å². The summed E-state index contributed by atoms with van der Waals surface area (Å²) in [6.45, 7) is 4.36. The van der Waals surface area contributed by atoms with E-state index >= 15 is 0 Å². The largest absolute Gasteiger partial charge is 0.387 e. The first-order valence-electron chi connectivity index (χ1n) is 6.14. The molecule has 1 aliphatic carbocycles. The van der Waals surface area contributed by atoms with Crippen LogP contribution in [0.5, 0.6) is 0 Å². The molecule has 0 spiro atoms. The van der Waals surface area contributed by atoms with E-state index in [9.17, 15) is 5.11 Å². The second-order valence-electron chi connectivity index (χ2n) is 5.61. The molecule has 0 radical (unpaired) electrons. The Labute approximate surface area is 111 Å². The molecule has 0 bridgehead atoms. The van der Waals surface area contributed by atoms with Crippen LogP contribution >= 0.6 is 11.3 Å². The number of rotatable bonds is 1. The van der Waals surface area contributed by atoms with Gasteiger partial charge in [0, 0.05) is 6.20 Å². The van der Waals surface area contributed by atoms with Crippen molar-refractivity contribution in [2.24, 2.45) is 5.41 Å². The van der Waals surface area contributed by atoms with Gasteiger partial charge in [-0.15, -0.1) is 11.3 Å². The average Bonchev–Trinajstić information content (AvgIpc) is 2.72. The molecule has 3 nitrogen and oxygen atoms in total. The summed E-state index contributed by atoms with van der Waals surface area (Å²) >= 11 is 1.57. The number of aliphatic hydroxyl groups excluding tert-OH is 1. The van der Waals surface area contributed by atoms with Crippen LogP contribution in [0, 0.1) is 5.41 Å². The minimum Gasteiger partial charge on any atom is -0.387 e. The van der Waals surface area contributed by atoms with Crippen molar-refractivity contribution in [3.05, 3.63) is 35.0 Å². The van der Waals surface area contributed by atoms with Gasteiger partial charge in [-0.25, -0.2) is 4.98 Å². The van der Waals surface area contributed by atoms with Crippen LogP contribution in [0.2, 0.25) is 0 Å². The first kappa shape index (κ1) is 11.8. The molecule has 0 aromatic carbocycles. The third kappa shape index (κ3) is 2.06. The molecule has 4 heteroatoms. The molecule has 3 rings (SSSR count). The van der Waals surface area contributed by atoms with Gasteiger partial charge in [-0.05, 0) is 30.4 Å². The van der Waals surface area contributed by atoms with Crippen LogP contribution in [0.15, 0.2) is 24.4 Å². The highest BCUT2D eigenvalue weighted by Crippen LogP contribution is 2.44. The van der Waals surface area contributed by atoms with Crippen LogP contribution in [0.3, 0.4) is 0 Å². The maximum Gasteiger partial charge on any atom is 0.142 e. The lowest BCUT2D eigenvalue weighted by atomic mass is 9.77. The Morgan fingerprint density at radius 1 is 1.39 bits per heavy atom. The Hall–Kier alpha value is -1.26. The van der Waals surface area contributed by atoms with Crippen molar-refractivity contribution >= 4 is 11.3 Å². The molecular formula is C14H16N2OS. The van der Waals surface area contributed by atoms with Gasteiger partial charge >= 0.3 is 0 Å². The highest BCUT2D eigenvalue weighted by Gasteiger charge is 2.34. The van der Waals surface area contributed by atoms with Crippen LogP contribution < -0.4 is 0 Å². The summed E-state index contributed by atoms with van der Waals surface area (Å²) in [5.74, 6) is 0. The van der Waals surface area contributed by atoms with E-state index in [0.29, 0.717) is 0 Å². The van der Waals surface area contributed by atoms with E-state index in [1.165, 1.54) is 0 Å². The van der Waals surface area contributed by atoms with E-state index in [4.69, 9.17) is 0 Å². The fourth-order valence-corrected chi connectivity index (χ4v) is 3.54. The Morgan fingerprint density at radius 2 is 2.22 bits per heavy atom. The van der Waals surface area contributed by atoms with E-state index in [2.05, 4.69) is 23.8 Å². The lowest BCUT2D eigenvalue weighted by Crippen LogP contribution is -2.24. The van der Waals surface area contributed by atoms with Crippen molar-refractivity contribution in [3.8, 4) is 10.7 Å². The first-order chi connectivity index (χ1) is 8.55. The quantitative estimate of drug-likeness (QED) is 0.856. The molecule has 2 heterocycles. The van der Waals surface area contributed by atoms with E-state index < -0.39 is 0 Å². The van der Waals surface area contributed by atoms with Gasteiger partial charge < -0.3 is 5.11 Å². The van der Waals surface area contributed by atoms with Gasteiger partial charge in [-0.2, -0.15) is 0 Å². The zero-order chi connectivity index (χ0) is 12.8. The number of aliphatic hydroxyl groups is 1. The summed E-state index contributed by atoms with van der Waals surface area (Å²) in [6.07, 6.45) is 3.14.